The van der Waals surface area contributed by atoms with Gasteiger partial charge in [-0.25, -0.2) is 9.59 Å². The summed E-state index contributed by atoms with van der Waals surface area (Å²) in [5.74, 6) is -1.09. The molecule has 2 aromatic rings. The lowest BCUT2D eigenvalue weighted by Crippen LogP contribution is -2.56. The summed E-state index contributed by atoms with van der Waals surface area (Å²) in [5, 5.41) is 15.0. The number of carboxylic acid groups (broad SMARTS) is 1. The van der Waals surface area contributed by atoms with Crippen LogP contribution in [0.15, 0.2) is 48.5 Å². The van der Waals surface area contributed by atoms with E-state index in [0.717, 1.165) is 22.3 Å². The van der Waals surface area contributed by atoms with Crippen molar-refractivity contribution in [1.29, 1.82) is 0 Å². The predicted molar refractivity (Wildman–Crippen MR) is 96.1 cm³/mol. The number of aliphatic carboxylic acids is 1. The lowest BCUT2D eigenvalue weighted by Gasteiger charge is -2.24. The Morgan fingerprint density at radius 2 is 1.73 bits per heavy atom. The van der Waals surface area contributed by atoms with Crippen LogP contribution in [0.1, 0.15) is 23.5 Å². The van der Waals surface area contributed by atoms with E-state index in [-0.39, 0.29) is 19.1 Å². The zero-order valence-corrected chi connectivity index (χ0v) is 14.2. The van der Waals surface area contributed by atoms with Crippen molar-refractivity contribution in [3.8, 4) is 11.1 Å². The van der Waals surface area contributed by atoms with E-state index in [0.29, 0.717) is 13.0 Å². The normalized spacial score (nSPS) is 21.1. The number of benzene rings is 2. The molecule has 0 spiro atoms. The number of fused-ring (bicyclic) bond motifs is 3. The number of carbonyl (C=O) groups is 2. The molecular weight excluding hydrogens is 332 g/mol. The molecular formula is C20H20N2O4. The summed E-state index contributed by atoms with van der Waals surface area (Å²) in [5.41, 5.74) is 3.26. The van der Waals surface area contributed by atoms with Crippen molar-refractivity contribution in [3.05, 3.63) is 59.7 Å². The molecule has 1 atom stereocenters. The van der Waals surface area contributed by atoms with Gasteiger partial charge in [0.2, 0.25) is 0 Å². The Kier molecular flexibility index (Phi) is 4.12. The van der Waals surface area contributed by atoms with E-state index in [4.69, 9.17) is 4.74 Å². The van der Waals surface area contributed by atoms with E-state index < -0.39 is 17.6 Å². The highest BCUT2D eigenvalue weighted by Crippen LogP contribution is 2.44. The molecule has 0 aromatic heterocycles. The maximum Gasteiger partial charge on any atom is 0.408 e. The molecule has 1 aliphatic heterocycles. The third-order valence-corrected chi connectivity index (χ3v) is 5.25. The third kappa shape index (κ3) is 2.72. The molecule has 2 aromatic carbocycles. The molecule has 0 bridgehead atoms. The first-order chi connectivity index (χ1) is 12.6. The van der Waals surface area contributed by atoms with E-state index in [1.165, 1.54) is 0 Å². The number of carboxylic acids is 1. The molecule has 26 heavy (non-hydrogen) atoms. The Bertz CT molecular complexity index is 813. The van der Waals surface area contributed by atoms with Crippen LogP contribution < -0.4 is 10.6 Å². The maximum absolute atomic E-state index is 12.3. The molecule has 1 heterocycles. The molecule has 1 amide bonds. The molecule has 1 aliphatic carbocycles. The Hall–Kier alpha value is -2.86. The summed E-state index contributed by atoms with van der Waals surface area (Å²) in [4.78, 5) is 23.8. The molecule has 6 nitrogen and oxygen atoms in total. The Morgan fingerprint density at radius 1 is 1.12 bits per heavy atom. The monoisotopic (exact) mass is 352 g/mol. The predicted octanol–water partition coefficient (Wildman–Crippen LogP) is 2.34. The van der Waals surface area contributed by atoms with Crippen LogP contribution in [0.3, 0.4) is 0 Å². The van der Waals surface area contributed by atoms with E-state index >= 15 is 0 Å². The molecule has 2 aliphatic rings. The van der Waals surface area contributed by atoms with E-state index in [2.05, 4.69) is 22.8 Å². The highest BCUT2D eigenvalue weighted by atomic mass is 16.5. The second-order valence-electron chi connectivity index (χ2n) is 6.76. The van der Waals surface area contributed by atoms with Crippen LogP contribution >= 0.6 is 0 Å². The minimum absolute atomic E-state index is 0.0457. The first kappa shape index (κ1) is 16.6. The van der Waals surface area contributed by atoms with Gasteiger partial charge in [0, 0.05) is 12.5 Å². The van der Waals surface area contributed by atoms with E-state index in [9.17, 15) is 14.7 Å². The highest BCUT2D eigenvalue weighted by molar-refractivity contribution is 5.85. The fourth-order valence-corrected chi connectivity index (χ4v) is 3.86. The van der Waals surface area contributed by atoms with E-state index in [1.54, 1.807) is 0 Å². The van der Waals surface area contributed by atoms with Crippen LogP contribution in [0.5, 0.6) is 0 Å². The summed E-state index contributed by atoms with van der Waals surface area (Å²) in [6, 6.07) is 16.2. The quantitative estimate of drug-likeness (QED) is 0.786. The van der Waals surface area contributed by atoms with Gasteiger partial charge in [-0.1, -0.05) is 48.5 Å². The number of hydrogen-bond donors (Lipinski definition) is 3. The van der Waals surface area contributed by atoms with Gasteiger partial charge in [0.15, 0.2) is 5.54 Å². The summed E-state index contributed by atoms with van der Waals surface area (Å²) in [6.45, 7) is 0.922. The molecule has 0 unspecified atom stereocenters. The number of rotatable bonds is 4. The Morgan fingerprint density at radius 3 is 2.27 bits per heavy atom. The molecule has 1 fully saturated rings. The van der Waals surface area contributed by atoms with Crippen LogP contribution in [0.4, 0.5) is 4.79 Å². The largest absolute Gasteiger partial charge is 0.479 e. The highest BCUT2D eigenvalue weighted by Gasteiger charge is 2.43. The number of carbonyl (C=O) groups excluding carboxylic acids is 1. The Labute approximate surface area is 151 Å². The molecule has 6 heteroatoms. The zero-order chi connectivity index (χ0) is 18.1. The molecule has 4 rings (SSSR count). The van der Waals surface area contributed by atoms with Gasteiger partial charge in [-0.15, -0.1) is 0 Å². The van der Waals surface area contributed by atoms with Gasteiger partial charge in [0.1, 0.15) is 6.61 Å². The number of alkyl carbamates (subject to hydrolysis) is 1. The fourth-order valence-electron chi connectivity index (χ4n) is 3.86. The lowest BCUT2D eigenvalue weighted by molar-refractivity contribution is -0.143. The van der Waals surface area contributed by atoms with Crippen molar-refractivity contribution in [2.45, 2.75) is 17.9 Å². The zero-order valence-electron chi connectivity index (χ0n) is 14.2. The minimum atomic E-state index is -1.29. The van der Waals surface area contributed by atoms with Crippen LogP contribution in [0.2, 0.25) is 0 Å². The maximum atomic E-state index is 12.3. The smallest absolute Gasteiger partial charge is 0.408 e. The second kappa shape index (κ2) is 6.46. The lowest BCUT2D eigenvalue weighted by atomic mass is 9.98. The molecule has 134 valence electrons. The molecule has 3 N–H and O–H groups in total. The average Bonchev–Trinajstić information content (AvgIpc) is 3.24. The van der Waals surface area contributed by atoms with Crippen LogP contribution in [-0.2, 0) is 9.53 Å². The first-order valence-corrected chi connectivity index (χ1v) is 8.68. The molecule has 1 saturated heterocycles. The van der Waals surface area contributed by atoms with Crippen molar-refractivity contribution in [2.75, 3.05) is 19.7 Å². The molecule has 0 radical (unpaired) electrons. The van der Waals surface area contributed by atoms with Crippen molar-refractivity contribution in [1.82, 2.24) is 10.6 Å². The Balaban J connectivity index is 1.50. The fraction of sp³-hybridized carbons (Fsp3) is 0.300. The van der Waals surface area contributed by atoms with Crippen LogP contribution in [0, 0.1) is 0 Å². The standard InChI is InChI=1S/C20H20N2O4/c23-18(24)20(9-10-21-12-20)22-19(25)26-11-17-15-7-3-1-5-13(15)14-6-2-4-8-16(14)17/h1-8,17,21H,9-12H2,(H,22,25)(H,23,24)/t20-/m0/s1. The van der Waals surface area contributed by atoms with Gasteiger partial charge in [0.05, 0.1) is 0 Å². The van der Waals surface area contributed by atoms with Gasteiger partial charge in [-0.05, 0) is 35.2 Å². The third-order valence-electron chi connectivity index (χ3n) is 5.25. The SMILES string of the molecule is O=C(N[C@@]1(C(=O)O)CCNC1)OCC1c2ccccc2-c2ccccc21. The first-order valence-electron chi connectivity index (χ1n) is 8.68. The summed E-state index contributed by atoms with van der Waals surface area (Å²) >= 11 is 0. The van der Waals surface area contributed by atoms with Gasteiger partial charge in [-0.3, -0.25) is 0 Å². The van der Waals surface area contributed by atoms with Crippen molar-refractivity contribution in [3.63, 3.8) is 0 Å². The second-order valence-corrected chi connectivity index (χ2v) is 6.76. The van der Waals surface area contributed by atoms with Gasteiger partial charge in [-0.2, -0.15) is 0 Å². The van der Waals surface area contributed by atoms with Gasteiger partial charge < -0.3 is 20.5 Å². The minimum Gasteiger partial charge on any atom is -0.479 e. The van der Waals surface area contributed by atoms with Gasteiger partial charge in [0.25, 0.3) is 0 Å². The number of nitrogens with one attached hydrogen (secondary N) is 2. The van der Waals surface area contributed by atoms with Gasteiger partial charge >= 0.3 is 12.1 Å². The van der Waals surface area contributed by atoms with Crippen LogP contribution in [-0.4, -0.2) is 42.4 Å². The average molecular weight is 352 g/mol. The number of ether oxygens (including phenoxy) is 1. The summed E-state index contributed by atoms with van der Waals surface area (Å²) in [6.07, 6.45) is -0.357. The molecule has 0 saturated carbocycles. The number of hydrogen-bond acceptors (Lipinski definition) is 4. The van der Waals surface area contributed by atoms with Crippen LogP contribution in [0.25, 0.3) is 11.1 Å². The number of amides is 1. The van der Waals surface area contributed by atoms with E-state index in [1.807, 2.05) is 36.4 Å². The van der Waals surface area contributed by atoms with Crippen molar-refractivity contribution >= 4 is 12.1 Å². The van der Waals surface area contributed by atoms with Crippen molar-refractivity contribution < 1.29 is 19.4 Å². The summed E-state index contributed by atoms with van der Waals surface area (Å²) < 4.78 is 5.44. The summed E-state index contributed by atoms with van der Waals surface area (Å²) in [7, 11) is 0. The van der Waals surface area contributed by atoms with Crippen molar-refractivity contribution in [2.24, 2.45) is 0 Å². The topological polar surface area (TPSA) is 87.7 Å².